The van der Waals surface area contributed by atoms with E-state index in [9.17, 15) is 4.79 Å². The SMILES string of the molecule is CC(C(=O)NCCCn1ccnc1)C(N)=NO. The molecule has 7 nitrogen and oxygen atoms in total. The third-order valence-electron chi connectivity index (χ3n) is 2.40. The van der Waals surface area contributed by atoms with E-state index in [0.29, 0.717) is 6.54 Å². The lowest BCUT2D eigenvalue weighted by atomic mass is 10.1. The molecular formula is C10H17N5O2. The first-order chi connectivity index (χ1) is 8.15. The van der Waals surface area contributed by atoms with E-state index in [1.807, 2.05) is 10.8 Å². The molecule has 0 fully saturated rings. The van der Waals surface area contributed by atoms with Gasteiger partial charge in [-0.1, -0.05) is 5.16 Å². The number of aryl methyl sites for hydroxylation is 1. The summed E-state index contributed by atoms with van der Waals surface area (Å²) in [6.07, 6.45) is 6.09. The Morgan fingerprint density at radius 3 is 3.06 bits per heavy atom. The summed E-state index contributed by atoms with van der Waals surface area (Å²) in [5.74, 6) is -0.948. The van der Waals surface area contributed by atoms with Crippen LogP contribution >= 0.6 is 0 Å². The molecule has 1 atom stereocenters. The molecule has 7 heteroatoms. The van der Waals surface area contributed by atoms with Crippen LogP contribution in [0.1, 0.15) is 13.3 Å². The van der Waals surface area contributed by atoms with E-state index >= 15 is 0 Å². The van der Waals surface area contributed by atoms with Gasteiger partial charge in [-0.25, -0.2) is 4.98 Å². The number of amides is 1. The zero-order valence-corrected chi connectivity index (χ0v) is 9.71. The van der Waals surface area contributed by atoms with Gasteiger partial charge in [0, 0.05) is 25.5 Å². The molecule has 17 heavy (non-hydrogen) atoms. The molecule has 0 saturated carbocycles. The van der Waals surface area contributed by atoms with Gasteiger partial charge in [0.1, 0.15) is 0 Å². The van der Waals surface area contributed by atoms with Crippen molar-refractivity contribution in [2.75, 3.05) is 6.54 Å². The zero-order valence-electron chi connectivity index (χ0n) is 9.71. The smallest absolute Gasteiger partial charge is 0.230 e. The van der Waals surface area contributed by atoms with Crippen molar-refractivity contribution in [2.24, 2.45) is 16.8 Å². The van der Waals surface area contributed by atoms with Gasteiger partial charge in [-0.2, -0.15) is 0 Å². The molecule has 1 rings (SSSR count). The Balaban J connectivity index is 2.20. The van der Waals surface area contributed by atoms with Crippen LogP contribution < -0.4 is 11.1 Å². The van der Waals surface area contributed by atoms with E-state index in [0.717, 1.165) is 13.0 Å². The minimum Gasteiger partial charge on any atom is -0.409 e. The van der Waals surface area contributed by atoms with Gasteiger partial charge in [0.2, 0.25) is 5.91 Å². The van der Waals surface area contributed by atoms with Crippen molar-refractivity contribution in [3.05, 3.63) is 18.7 Å². The van der Waals surface area contributed by atoms with Crippen LogP contribution in [0.4, 0.5) is 0 Å². The molecule has 0 spiro atoms. The molecule has 1 aromatic rings. The van der Waals surface area contributed by atoms with Crippen molar-refractivity contribution in [1.29, 1.82) is 0 Å². The summed E-state index contributed by atoms with van der Waals surface area (Å²) in [5.41, 5.74) is 5.33. The fourth-order valence-corrected chi connectivity index (χ4v) is 1.27. The molecule has 94 valence electrons. The number of nitrogens with two attached hydrogens (primary N) is 1. The highest BCUT2D eigenvalue weighted by atomic mass is 16.4. The third kappa shape index (κ3) is 4.13. The third-order valence-corrected chi connectivity index (χ3v) is 2.40. The zero-order chi connectivity index (χ0) is 12.7. The first kappa shape index (κ1) is 13.0. The van der Waals surface area contributed by atoms with Crippen molar-refractivity contribution in [1.82, 2.24) is 14.9 Å². The highest BCUT2D eigenvalue weighted by Crippen LogP contribution is 1.95. The predicted octanol–water partition coefficient (Wildman–Crippen LogP) is -0.228. The minimum atomic E-state index is -0.617. The number of nitrogens with one attached hydrogen (secondary N) is 1. The van der Waals surface area contributed by atoms with Crippen molar-refractivity contribution in [2.45, 2.75) is 19.9 Å². The van der Waals surface area contributed by atoms with E-state index in [1.165, 1.54) is 0 Å². The van der Waals surface area contributed by atoms with Crippen molar-refractivity contribution in [3.63, 3.8) is 0 Å². The molecule has 0 aliphatic heterocycles. The predicted molar refractivity (Wildman–Crippen MR) is 62.4 cm³/mol. The van der Waals surface area contributed by atoms with E-state index in [-0.39, 0.29) is 11.7 Å². The van der Waals surface area contributed by atoms with Gasteiger partial charge >= 0.3 is 0 Å². The Hall–Kier alpha value is -2.05. The Bertz CT molecular complexity index is 374. The largest absolute Gasteiger partial charge is 0.409 e. The standard InChI is InChI=1S/C10H17N5O2/c1-8(9(11)14-17)10(16)13-3-2-5-15-6-4-12-7-15/h4,6-8,17H,2-3,5H2,1H3,(H2,11,14)(H,13,16). The monoisotopic (exact) mass is 239 g/mol. The van der Waals surface area contributed by atoms with Crippen LogP contribution in [0.15, 0.2) is 23.9 Å². The van der Waals surface area contributed by atoms with Crippen molar-refractivity contribution in [3.8, 4) is 0 Å². The highest BCUT2D eigenvalue weighted by molar-refractivity contribution is 6.01. The lowest BCUT2D eigenvalue weighted by Gasteiger charge is -2.10. The molecule has 0 radical (unpaired) electrons. The van der Waals surface area contributed by atoms with Gasteiger partial charge < -0.3 is 20.8 Å². The number of rotatable bonds is 6. The van der Waals surface area contributed by atoms with E-state index < -0.39 is 5.92 Å². The lowest BCUT2D eigenvalue weighted by Crippen LogP contribution is -2.37. The Labute approximate surface area is 99.3 Å². The number of imidazole rings is 1. The fraction of sp³-hybridized carbons (Fsp3) is 0.500. The number of aromatic nitrogens is 2. The van der Waals surface area contributed by atoms with Crippen molar-refractivity contribution < 1.29 is 10.0 Å². The first-order valence-corrected chi connectivity index (χ1v) is 5.36. The Kier molecular flexibility index (Phi) is 4.99. The molecule has 1 amide bonds. The van der Waals surface area contributed by atoms with Crippen LogP contribution in [0.3, 0.4) is 0 Å². The van der Waals surface area contributed by atoms with Gasteiger partial charge in [-0.05, 0) is 13.3 Å². The van der Waals surface area contributed by atoms with Crippen LogP contribution in [0.5, 0.6) is 0 Å². The summed E-state index contributed by atoms with van der Waals surface area (Å²) in [5, 5.41) is 13.9. The normalized spacial score (nSPS) is 13.4. The number of carbonyl (C=O) groups excluding carboxylic acids is 1. The number of oxime groups is 1. The average Bonchev–Trinajstić information content (AvgIpc) is 2.85. The van der Waals surface area contributed by atoms with Gasteiger partial charge in [0.15, 0.2) is 5.84 Å². The molecule has 0 aromatic carbocycles. The molecule has 0 saturated heterocycles. The highest BCUT2D eigenvalue weighted by Gasteiger charge is 2.16. The summed E-state index contributed by atoms with van der Waals surface area (Å²) in [7, 11) is 0. The summed E-state index contributed by atoms with van der Waals surface area (Å²) < 4.78 is 1.93. The molecule has 1 unspecified atom stereocenters. The second kappa shape index (κ2) is 6.51. The summed E-state index contributed by atoms with van der Waals surface area (Å²) in [6, 6.07) is 0. The van der Waals surface area contributed by atoms with Crippen LogP contribution in [0, 0.1) is 5.92 Å². The van der Waals surface area contributed by atoms with Gasteiger partial charge in [-0.15, -0.1) is 0 Å². The molecule has 0 aliphatic rings. The molecule has 1 heterocycles. The van der Waals surface area contributed by atoms with Crippen LogP contribution in [0.2, 0.25) is 0 Å². The maximum atomic E-state index is 11.5. The number of carbonyl (C=O) groups is 1. The van der Waals surface area contributed by atoms with E-state index in [4.69, 9.17) is 10.9 Å². The Morgan fingerprint density at radius 2 is 2.47 bits per heavy atom. The average molecular weight is 239 g/mol. The Morgan fingerprint density at radius 1 is 1.71 bits per heavy atom. The summed E-state index contributed by atoms with van der Waals surface area (Å²) in [4.78, 5) is 15.4. The molecule has 0 aliphatic carbocycles. The molecule has 1 aromatic heterocycles. The fourth-order valence-electron chi connectivity index (χ4n) is 1.27. The second-order valence-corrected chi connectivity index (χ2v) is 3.69. The summed E-state index contributed by atoms with van der Waals surface area (Å²) in [6.45, 7) is 2.92. The van der Waals surface area contributed by atoms with Crippen molar-refractivity contribution >= 4 is 11.7 Å². The van der Waals surface area contributed by atoms with Crippen LogP contribution in [0.25, 0.3) is 0 Å². The quantitative estimate of drug-likeness (QED) is 0.210. The maximum absolute atomic E-state index is 11.5. The summed E-state index contributed by atoms with van der Waals surface area (Å²) >= 11 is 0. The minimum absolute atomic E-state index is 0.0860. The molecule has 0 bridgehead atoms. The van der Waals surface area contributed by atoms with Crippen LogP contribution in [-0.4, -0.2) is 33.0 Å². The number of hydrogen-bond acceptors (Lipinski definition) is 4. The molecule has 4 N–H and O–H groups in total. The van der Waals surface area contributed by atoms with Gasteiger partial charge in [-0.3, -0.25) is 4.79 Å². The number of hydrogen-bond donors (Lipinski definition) is 3. The molecular weight excluding hydrogens is 222 g/mol. The van der Waals surface area contributed by atoms with E-state index in [1.54, 1.807) is 19.4 Å². The number of amidine groups is 1. The van der Waals surface area contributed by atoms with Gasteiger partial charge in [0.05, 0.1) is 12.2 Å². The van der Waals surface area contributed by atoms with Gasteiger partial charge in [0.25, 0.3) is 0 Å². The van der Waals surface area contributed by atoms with Crippen LogP contribution in [-0.2, 0) is 11.3 Å². The number of nitrogens with zero attached hydrogens (tertiary/aromatic N) is 3. The lowest BCUT2D eigenvalue weighted by molar-refractivity contribution is -0.122. The first-order valence-electron chi connectivity index (χ1n) is 5.36. The maximum Gasteiger partial charge on any atom is 0.230 e. The second-order valence-electron chi connectivity index (χ2n) is 3.69. The topological polar surface area (TPSA) is 106 Å². The van der Waals surface area contributed by atoms with E-state index in [2.05, 4.69) is 15.5 Å².